The van der Waals surface area contributed by atoms with Crippen LogP contribution in [0.15, 0.2) is 42.5 Å². The maximum absolute atomic E-state index is 13.4. The van der Waals surface area contributed by atoms with Crippen molar-refractivity contribution in [3.8, 4) is 0 Å². The summed E-state index contributed by atoms with van der Waals surface area (Å²) in [4.78, 5) is 3.32. The second-order valence-electron chi connectivity index (χ2n) is 5.83. The number of hydrogen-bond acceptors (Lipinski definition) is 1. The van der Waals surface area contributed by atoms with Gasteiger partial charge in [-0.05, 0) is 56.1 Å². The molecule has 0 atom stereocenters. The van der Waals surface area contributed by atoms with Gasteiger partial charge in [0.05, 0.1) is 0 Å². The average Bonchev–Trinajstić information content (AvgIpc) is 2.81. The molecule has 0 fully saturated rings. The molecule has 0 saturated heterocycles. The number of aromatic nitrogens is 1. The van der Waals surface area contributed by atoms with Crippen LogP contribution in [0.25, 0.3) is 10.9 Å². The highest BCUT2D eigenvalue weighted by Crippen LogP contribution is 2.23. The third-order valence-electron chi connectivity index (χ3n) is 4.08. The normalized spacial score (nSPS) is 10.7. The van der Waals surface area contributed by atoms with Crippen LogP contribution in [-0.4, -0.2) is 11.5 Å². The molecule has 3 aromatic rings. The first-order valence-electron chi connectivity index (χ1n) is 7.66. The highest BCUT2D eigenvalue weighted by atomic mass is 35.5. The van der Waals surface area contributed by atoms with Gasteiger partial charge in [0.1, 0.15) is 5.82 Å². The Morgan fingerprint density at radius 1 is 1.04 bits per heavy atom. The van der Waals surface area contributed by atoms with E-state index in [0.717, 1.165) is 36.1 Å². The molecule has 0 saturated carbocycles. The zero-order chi connectivity index (χ0) is 15.5. The number of hydrogen-bond donors (Lipinski definition) is 2. The standard InChI is InChI=1S/C19H21FN2.ClH/c1-13-3-5-15(6-4-13)12-21-10-9-17-14(2)22-19-8-7-16(20)11-18(17)19;/h3-8,11,21-22H,9-10,12H2,1-2H3;1H. The van der Waals surface area contributed by atoms with Crippen LogP contribution in [0.5, 0.6) is 0 Å². The zero-order valence-electron chi connectivity index (χ0n) is 13.4. The molecule has 4 heteroatoms. The van der Waals surface area contributed by atoms with Gasteiger partial charge in [-0.1, -0.05) is 29.8 Å². The molecule has 2 nitrogen and oxygen atoms in total. The van der Waals surface area contributed by atoms with Crippen molar-refractivity contribution in [1.82, 2.24) is 10.3 Å². The molecule has 0 unspecified atom stereocenters. The Morgan fingerprint density at radius 3 is 2.52 bits per heavy atom. The average molecular weight is 333 g/mol. The Morgan fingerprint density at radius 2 is 1.78 bits per heavy atom. The first kappa shape index (κ1) is 17.5. The van der Waals surface area contributed by atoms with Crippen LogP contribution in [0, 0.1) is 19.7 Å². The van der Waals surface area contributed by atoms with Crippen LogP contribution < -0.4 is 5.32 Å². The number of fused-ring (bicyclic) bond motifs is 1. The van der Waals surface area contributed by atoms with Gasteiger partial charge < -0.3 is 10.3 Å². The maximum Gasteiger partial charge on any atom is 0.123 e. The van der Waals surface area contributed by atoms with Crippen molar-refractivity contribution in [3.63, 3.8) is 0 Å². The summed E-state index contributed by atoms with van der Waals surface area (Å²) >= 11 is 0. The van der Waals surface area contributed by atoms with Crippen LogP contribution in [0.2, 0.25) is 0 Å². The van der Waals surface area contributed by atoms with Crippen molar-refractivity contribution in [1.29, 1.82) is 0 Å². The molecule has 3 rings (SSSR count). The van der Waals surface area contributed by atoms with E-state index in [1.807, 2.05) is 6.92 Å². The summed E-state index contributed by atoms with van der Waals surface area (Å²) in [6.45, 7) is 5.87. The van der Waals surface area contributed by atoms with Gasteiger partial charge in [0.2, 0.25) is 0 Å². The maximum atomic E-state index is 13.4. The van der Waals surface area contributed by atoms with Crippen molar-refractivity contribution in [3.05, 3.63) is 70.7 Å². The second-order valence-corrected chi connectivity index (χ2v) is 5.83. The Bertz CT molecular complexity index is 778. The van der Waals surface area contributed by atoms with Gasteiger partial charge in [0.15, 0.2) is 0 Å². The van der Waals surface area contributed by atoms with Crippen LogP contribution in [0.1, 0.15) is 22.4 Å². The van der Waals surface area contributed by atoms with E-state index in [1.165, 1.54) is 22.8 Å². The van der Waals surface area contributed by atoms with Crippen molar-refractivity contribution >= 4 is 23.3 Å². The number of H-pyrrole nitrogens is 1. The molecule has 2 aromatic carbocycles. The smallest absolute Gasteiger partial charge is 0.123 e. The summed E-state index contributed by atoms with van der Waals surface area (Å²) in [5.41, 5.74) is 5.89. The van der Waals surface area contributed by atoms with Gasteiger partial charge >= 0.3 is 0 Å². The number of nitrogens with one attached hydrogen (secondary N) is 2. The highest BCUT2D eigenvalue weighted by Gasteiger charge is 2.08. The topological polar surface area (TPSA) is 27.8 Å². The summed E-state index contributed by atoms with van der Waals surface area (Å²) in [5.74, 6) is -0.180. The molecule has 1 aromatic heterocycles. The van der Waals surface area contributed by atoms with Crippen LogP contribution in [-0.2, 0) is 13.0 Å². The fourth-order valence-corrected chi connectivity index (χ4v) is 2.83. The number of aromatic amines is 1. The minimum Gasteiger partial charge on any atom is -0.358 e. The van der Waals surface area contributed by atoms with E-state index >= 15 is 0 Å². The first-order chi connectivity index (χ1) is 10.6. The van der Waals surface area contributed by atoms with Crippen LogP contribution in [0.3, 0.4) is 0 Å². The minimum absolute atomic E-state index is 0. The Balaban J connectivity index is 0.00000192. The summed E-state index contributed by atoms with van der Waals surface area (Å²) in [6.07, 6.45) is 0.890. The monoisotopic (exact) mass is 332 g/mol. The Labute approximate surface area is 142 Å². The van der Waals surface area contributed by atoms with E-state index in [4.69, 9.17) is 0 Å². The molecule has 0 aliphatic carbocycles. The van der Waals surface area contributed by atoms with Gasteiger partial charge in [0.25, 0.3) is 0 Å². The highest BCUT2D eigenvalue weighted by molar-refractivity contribution is 5.85. The summed E-state index contributed by atoms with van der Waals surface area (Å²) in [5, 5.41) is 4.45. The van der Waals surface area contributed by atoms with Crippen molar-refractivity contribution in [2.75, 3.05) is 6.54 Å². The van der Waals surface area contributed by atoms with E-state index in [0.29, 0.717) is 0 Å². The van der Waals surface area contributed by atoms with Crippen LogP contribution in [0.4, 0.5) is 4.39 Å². The molecule has 0 aliphatic rings. The Hall–Kier alpha value is -1.84. The predicted octanol–water partition coefficient (Wildman–Crippen LogP) is 4.68. The molecular formula is C19H22ClFN2. The molecule has 0 amide bonds. The lowest BCUT2D eigenvalue weighted by Gasteiger charge is -2.06. The van der Waals surface area contributed by atoms with E-state index < -0.39 is 0 Å². The molecule has 0 spiro atoms. The van der Waals surface area contributed by atoms with E-state index in [-0.39, 0.29) is 18.2 Å². The minimum atomic E-state index is -0.180. The lowest BCUT2D eigenvalue weighted by Crippen LogP contribution is -2.16. The van der Waals surface area contributed by atoms with E-state index in [1.54, 1.807) is 12.1 Å². The summed E-state index contributed by atoms with van der Waals surface area (Å²) in [7, 11) is 0. The lowest BCUT2D eigenvalue weighted by molar-refractivity contribution is 0.629. The summed E-state index contributed by atoms with van der Waals surface area (Å²) in [6, 6.07) is 13.5. The van der Waals surface area contributed by atoms with Gasteiger partial charge in [-0.2, -0.15) is 0 Å². The van der Waals surface area contributed by atoms with Crippen molar-refractivity contribution < 1.29 is 4.39 Å². The molecular weight excluding hydrogens is 311 g/mol. The largest absolute Gasteiger partial charge is 0.358 e. The predicted molar refractivity (Wildman–Crippen MR) is 96.8 cm³/mol. The first-order valence-corrected chi connectivity index (χ1v) is 7.66. The van der Waals surface area contributed by atoms with Gasteiger partial charge in [-0.25, -0.2) is 4.39 Å². The third kappa shape index (κ3) is 4.12. The number of halogens is 2. The van der Waals surface area contributed by atoms with Gasteiger partial charge in [-0.3, -0.25) is 0 Å². The molecule has 23 heavy (non-hydrogen) atoms. The van der Waals surface area contributed by atoms with E-state index in [9.17, 15) is 4.39 Å². The fourth-order valence-electron chi connectivity index (χ4n) is 2.83. The quantitative estimate of drug-likeness (QED) is 0.652. The van der Waals surface area contributed by atoms with Crippen molar-refractivity contribution in [2.45, 2.75) is 26.8 Å². The molecule has 0 aliphatic heterocycles. The molecule has 1 heterocycles. The molecule has 0 radical (unpaired) electrons. The molecule has 122 valence electrons. The number of benzene rings is 2. The zero-order valence-corrected chi connectivity index (χ0v) is 14.3. The SMILES string of the molecule is Cc1ccc(CNCCc2c(C)[nH]c3ccc(F)cc23)cc1.Cl. The van der Waals surface area contributed by atoms with E-state index in [2.05, 4.69) is 41.5 Å². The number of aryl methyl sites for hydroxylation is 2. The van der Waals surface area contributed by atoms with Gasteiger partial charge in [0, 0.05) is 23.1 Å². The number of rotatable bonds is 5. The van der Waals surface area contributed by atoms with Crippen molar-refractivity contribution in [2.24, 2.45) is 0 Å². The molecule has 0 bridgehead atoms. The second kappa shape index (κ2) is 7.62. The summed E-state index contributed by atoms with van der Waals surface area (Å²) < 4.78 is 13.4. The third-order valence-corrected chi connectivity index (χ3v) is 4.08. The van der Waals surface area contributed by atoms with Crippen LogP contribution >= 0.6 is 12.4 Å². The Kier molecular flexibility index (Phi) is 5.80. The van der Waals surface area contributed by atoms with Gasteiger partial charge in [-0.15, -0.1) is 12.4 Å². The lowest BCUT2D eigenvalue weighted by atomic mass is 10.1. The fraction of sp³-hybridized carbons (Fsp3) is 0.263. The molecule has 2 N–H and O–H groups in total.